The van der Waals surface area contributed by atoms with Gasteiger partial charge >= 0.3 is 0 Å². The third-order valence-electron chi connectivity index (χ3n) is 5.06. The van der Waals surface area contributed by atoms with E-state index in [2.05, 4.69) is 15.6 Å². The van der Waals surface area contributed by atoms with E-state index in [4.69, 9.17) is 21.3 Å². The summed E-state index contributed by atoms with van der Waals surface area (Å²) in [4.78, 5) is 8.99. The Bertz CT molecular complexity index is 867. The van der Waals surface area contributed by atoms with Gasteiger partial charge in [0.2, 0.25) is 5.88 Å². The predicted molar refractivity (Wildman–Crippen MR) is 106 cm³/mol. The minimum Gasteiger partial charge on any atom is -0.481 e. The van der Waals surface area contributed by atoms with E-state index < -0.39 is 5.54 Å². The van der Waals surface area contributed by atoms with Gasteiger partial charge in [-0.15, -0.1) is 0 Å². The molecule has 2 aromatic rings. The maximum Gasteiger partial charge on any atom is 0.215 e. The van der Waals surface area contributed by atoms with Gasteiger partial charge in [0.15, 0.2) is 5.84 Å². The van der Waals surface area contributed by atoms with Gasteiger partial charge in [-0.1, -0.05) is 23.7 Å². The van der Waals surface area contributed by atoms with E-state index in [9.17, 15) is 5.21 Å². The minimum atomic E-state index is -0.446. The molecule has 0 atom stereocenters. The lowest BCUT2D eigenvalue weighted by molar-refractivity contribution is 0.288. The van der Waals surface area contributed by atoms with Crippen molar-refractivity contribution >= 4 is 28.8 Å². The van der Waals surface area contributed by atoms with Crippen LogP contribution in [-0.4, -0.2) is 41.8 Å². The van der Waals surface area contributed by atoms with Crippen LogP contribution in [0.15, 0.2) is 41.5 Å². The summed E-state index contributed by atoms with van der Waals surface area (Å²) in [6.45, 7) is 2.12. The number of aromatic nitrogens is 1. The second kappa shape index (κ2) is 7.34. The van der Waals surface area contributed by atoms with Crippen LogP contribution in [-0.2, 0) is 6.54 Å². The zero-order valence-corrected chi connectivity index (χ0v) is 15.8. The Kier molecular flexibility index (Phi) is 4.90. The van der Waals surface area contributed by atoms with Gasteiger partial charge in [-0.25, -0.2) is 10.0 Å². The number of pyridine rings is 1. The number of benzene rings is 1. The topological polar surface area (TPSA) is 82.0 Å². The first-order valence-electron chi connectivity index (χ1n) is 8.93. The number of piperidine rings is 1. The molecule has 3 N–H and O–H groups in total. The molecule has 1 spiro atoms. The number of amidine groups is 1. The standard InChI is InChI=1S/C19H22ClN5O2/c1-27-17-10-15-16(12-22-17)25(26)18(19(24-15)5-7-21-8-6-19)23-11-13-3-2-4-14(20)9-13/h2-4,9-10,12,21,24,26H,5-8,11H2,1H3/b23-18+. The highest BCUT2D eigenvalue weighted by Crippen LogP contribution is 2.40. The second-order valence-corrected chi connectivity index (χ2v) is 7.22. The van der Waals surface area contributed by atoms with Gasteiger partial charge in [-0.3, -0.25) is 10.2 Å². The first-order chi connectivity index (χ1) is 13.1. The summed E-state index contributed by atoms with van der Waals surface area (Å²) >= 11 is 6.08. The van der Waals surface area contributed by atoms with Crippen LogP contribution in [0.5, 0.6) is 5.88 Å². The maximum atomic E-state index is 11.0. The number of methoxy groups -OCH3 is 1. The zero-order valence-electron chi connectivity index (χ0n) is 15.1. The third-order valence-corrected chi connectivity index (χ3v) is 5.29. The summed E-state index contributed by atoms with van der Waals surface area (Å²) in [6, 6.07) is 9.40. The van der Waals surface area contributed by atoms with E-state index in [0.29, 0.717) is 29.0 Å². The highest BCUT2D eigenvalue weighted by molar-refractivity contribution is 6.30. The number of nitrogens with one attached hydrogen (secondary N) is 2. The van der Waals surface area contributed by atoms with Gasteiger partial charge in [0.05, 0.1) is 31.1 Å². The summed E-state index contributed by atoms with van der Waals surface area (Å²) in [5, 5.41) is 19.8. The molecule has 7 nitrogen and oxygen atoms in total. The Morgan fingerprint density at radius 1 is 1.33 bits per heavy atom. The van der Waals surface area contributed by atoms with Gasteiger partial charge < -0.3 is 15.4 Å². The van der Waals surface area contributed by atoms with Crippen molar-refractivity contribution in [2.45, 2.75) is 24.9 Å². The molecule has 0 bridgehead atoms. The fourth-order valence-corrected chi connectivity index (χ4v) is 3.87. The van der Waals surface area contributed by atoms with Crippen molar-refractivity contribution in [3.63, 3.8) is 0 Å². The van der Waals surface area contributed by atoms with E-state index in [1.807, 2.05) is 24.3 Å². The van der Waals surface area contributed by atoms with Gasteiger partial charge in [-0.2, -0.15) is 0 Å². The van der Waals surface area contributed by atoms with Crippen molar-refractivity contribution in [2.75, 3.05) is 30.6 Å². The number of aliphatic imine (C=N–C) groups is 1. The average molecular weight is 388 g/mol. The lowest BCUT2D eigenvalue weighted by atomic mass is 9.84. The molecule has 1 aromatic heterocycles. The molecule has 142 valence electrons. The molecule has 0 radical (unpaired) electrons. The summed E-state index contributed by atoms with van der Waals surface area (Å²) in [5.41, 5.74) is 1.89. The largest absolute Gasteiger partial charge is 0.481 e. The number of hydrogen-bond acceptors (Lipinski definition) is 6. The Morgan fingerprint density at radius 2 is 2.15 bits per heavy atom. The highest BCUT2D eigenvalue weighted by Gasteiger charge is 2.44. The fraction of sp³-hybridized carbons (Fsp3) is 0.368. The summed E-state index contributed by atoms with van der Waals surface area (Å²) < 4.78 is 5.23. The normalized spacial score (nSPS) is 19.7. The molecule has 27 heavy (non-hydrogen) atoms. The van der Waals surface area contributed by atoms with Crippen molar-refractivity contribution < 1.29 is 9.94 Å². The Hall–Kier alpha value is -2.35. The van der Waals surface area contributed by atoms with Crippen LogP contribution >= 0.6 is 11.6 Å². The molecule has 2 aliphatic heterocycles. The summed E-state index contributed by atoms with van der Waals surface area (Å²) in [7, 11) is 1.58. The van der Waals surface area contributed by atoms with Crippen LogP contribution < -0.4 is 20.4 Å². The third kappa shape index (κ3) is 3.45. The SMILES string of the molecule is COc1cc2c(cn1)N(O)/C(=N/Cc1cccc(Cl)c1)C1(CCNCC1)N2. The molecule has 3 heterocycles. The number of fused-ring (bicyclic) bond motifs is 1. The Morgan fingerprint density at radius 3 is 2.89 bits per heavy atom. The Labute approximate surface area is 163 Å². The monoisotopic (exact) mass is 387 g/mol. The van der Waals surface area contributed by atoms with Crippen molar-refractivity contribution in [1.82, 2.24) is 10.3 Å². The molecular weight excluding hydrogens is 366 g/mol. The van der Waals surface area contributed by atoms with Crippen molar-refractivity contribution in [3.05, 3.63) is 47.1 Å². The van der Waals surface area contributed by atoms with Crippen molar-refractivity contribution in [3.8, 4) is 5.88 Å². The van der Waals surface area contributed by atoms with Gasteiger partial charge in [0.25, 0.3) is 0 Å². The quantitative estimate of drug-likeness (QED) is 0.750. The molecule has 0 amide bonds. The first kappa shape index (κ1) is 18.0. The molecule has 8 heteroatoms. The van der Waals surface area contributed by atoms with E-state index in [1.54, 1.807) is 19.4 Å². The van der Waals surface area contributed by atoms with E-state index in [-0.39, 0.29) is 0 Å². The van der Waals surface area contributed by atoms with Crippen LogP contribution in [0.3, 0.4) is 0 Å². The number of hydrogen-bond donors (Lipinski definition) is 3. The Balaban J connectivity index is 1.73. The number of halogens is 1. The number of nitrogens with zero attached hydrogens (tertiary/aromatic N) is 3. The lowest BCUT2D eigenvalue weighted by Crippen LogP contribution is -2.61. The molecule has 2 aliphatic rings. The molecule has 0 unspecified atom stereocenters. The number of rotatable bonds is 3. The lowest BCUT2D eigenvalue weighted by Gasteiger charge is -2.46. The van der Waals surface area contributed by atoms with E-state index >= 15 is 0 Å². The van der Waals surface area contributed by atoms with Crippen LogP contribution in [0.25, 0.3) is 0 Å². The first-order valence-corrected chi connectivity index (χ1v) is 9.30. The van der Waals surface area contributed by atoms with Gasteiger partial charge in [0.1, 0.15) is 5.69 Å². The maximum absolute atomic E-state index is 11.0. The minimum absolute atomic E-state index is 0.433. The van der Waals surface area contributed by atoms with Crippen LogP contribution in [0.1, 0.15) is 18.4 Å². The molecule has 0 saturated carbocycles. The van der Waals surface area contributed by atoms with E-state index in [1.165, 1.54) is 0 Å². The molecule has 1 aromatic carbocycles. The van der Waals surface area contributed by atoms with Gasteiger partial charge in [-0.05, 0) is 43.6 Å². The van der Waals surface area contributed by atoms with Crippen LogP contribution in [0.4, 0.5) is 11.4 Å². The van der Waals surface area contributed by atoms with Crippen LogP contribution in [0, 0.1) is 0 Å². The number of ether oxygens (including phenoxy) is 1. The highest BCUT2D eigenvalue weighted by atomic mass is 35.5. The zero-order chi connectivity index (χ0) is 18.9. The second-order valence-electron chi connectivity index (χ2n) is 6.78. The van der Waals surface area contributed by atoms with Crippen molar-refractivity contribution in [2.24, 2.45) is 4.99 Å². The number of anilines is 2. The molecule has 0 aliphatic carbocycles. The molecule has 1 fully saturated rings. The summed E-state index contributed by atoms with van der Waals surface area (Å²) in [6.07, 6.45) is 3.20. The van der Waals surface area contributed by atoms with Gasteiger partial charge in [0, 0.05) is 11.1 Å². The summed E-state index contributed by atoms with van der Waals surface area (Å²) in [5.74, 6) is 1.10. The van der Waals surface area contributed by atoms with E-state index in [0.717, 1.165) is 42.2 Å². The van der Waals surface area contributed by atoms with Crippen LogP contribution in [0.2, 0.25) is 5.02 Å². The molecule has 4 rings (SSSR count). The molecular formula is C19H22ClN5O2. The number of hydroxylamine groups is 1. The smallest absolute Gasteiger partial charge is 0.215 e. The van der Waals surface area contributed by atoms with Crippen molar-refractivity contribution in [1.29, 1.82) is 0 Å². The molecule has 1 saturated heterocycles. The fourth-order valence-electron chi connectivity index (χ4n) is 3.66. The average Bonchev–Trinajstić information content (AvgIpc) is 2.68. The predicted octanol–water partition coefficient (Wildman–Crippen LogP) is 3.09.